The van der Waals surface area contributed by atoms with Crippen molar-refractivity contribution in [1.82, 2.24) is 9.55 Å². The number of aromatic nitrogens is 2. The number of methoxy groups -OCH3 is 1. The third-order valence-electron chi connectivity index (χ3n) is 3.91. The maximum Gasteiger partial charge on any atom is 0.341 e. The van der Waals surface area contributed by atoms with E-state index in [9.17, 15) is 9.59 Å². The fourth-order valence-electron chi connectivity index (χ4n) is 2.48. The number of imidazole rings is 1. The smallest absolute Gasteiger partial charge is 0.341 e. The van der Waals surface area contributed by atoms with Gasteiger partial charge in [0.1, 0.15) is 10.6 Å². The molecule has 1 amide bonds. The first kappa shape index (κ1) is 19.2. The molecule has 0 aliphatic heterocycles. The van der Waals surface area contributed by atoms with Gasteiger partial charge in [0, 0.05) is 30.4 Å². The Morgan fingerprint density at radius 1 is 1.30 bits per heavy atom. The number of thiophene rings is 1. The van der Waals surface area contributed by atoms with Crippen LogP contribution in [0.5, 0.6) is 0 Å². The van der Waals surface area contributed by atoms with Crippen LogP contribution in [0.15, 0.2) is 47.2 Å². The van der Waals surface area contributed by atoms with Gasteiger partial charge in [0.25, 0.3) is 0 Å². The van der Waals surface area contributed by atoms with Gasteiger partial charge in [-0.1, -0.05) is 41.6 Å². The molecule has 2 heterocycles. The van der Waals surface area contributed by atoms with Gasteiger partial charge in [-0.25, -0.2) is 9.78 Å². The fourth-order valence-corrected chi connectivity index (χ4v) is 4.19. The van der Waals surface area contributed by atoms with Crippen molar-refractivity contribution in [1.29, 1.82) is 0 Å². The topological polar surface area (TPSA) is 73.2 Å². The zero-order valence-electron chi connectivity index (χ0n) is 15.2. The molecule has 0 atom stereocenters. The van der Waals surface area contributed by atoms with E-state index in [-0.39, 0.29) is 11.7 Å². The molecule has 0 aliphatic carbocycles. The van der Waals surface area contributed by atoms with Gasteiger partial charge < -0.3 is 14.6 Å². The number of nitrogens with zero attached hydrogens (tertiary/aromatic N) is 2. The van der Waals surface area contributed by atoms with Crippen molar-refractivity contribution in [3.05, 3.63) is 53.2 Å². The Morgan fingerprint density at radius 3 is 2.67 bits per heavy atom. The SMILES string of the molecule is COC(=O)c1c(-c2ccc(C)cc2)csc1NC(=O)CSc1nccn1C. The van der Waals surface area contributed by atoms with Crippen LogP contribution in [0.2, 0.25) is 0 Å². The molecule has 27 heavy (non-hydrogen) atoms. The second-order valence-corrected chi connectivity index (χ2v) is 7.69. The second-order valence-electron chi connectivity index (χ2n) is 5.87. The van der Waals surface area contributed by atoms with Gasteiger partial charge in [-0.3, -0.25) is 4.79 Å². The number of rotatable bonds is 6. The van der Waals surface area contributed by atoms with Gasteiger partial charge in [-0.15, -0.1) is 11.3 Å². The number of hydrogen-bond acceptors (Lipinski definition) is 6. The minimum Gasteiger partial charge on any atom is -0.465 e. The van der Waals surface area contributed by atoms with Crippen molar-refractivity contribution in [3.8, 4) is 11.1 Å². The van der Waals surface area contributed by atoms with E-state index < -0.39 is 5.97 Å². The zero-order valence-corrected chi connectivity index (χ0v) is 16.8. The van der Waals surface area contributed by atoms with Crippen LogP contribution in [0.3, 0.4) is 0 Å². The molecule has 1 aromatic carbocycles. The van der Waals surface area contributed by atoms with Gasteiger partial charge >= 0.3 is 5.97 Å². The van der Waals surface area contributed by atoms with Crippen LogP contribution in [0.1, 0.15) is 15.9 Å². The summed E-state index contributed by atoms with van der Waals surface area (Å²) >= 11 is 2.64. The van der Waals surface area contributed by atoms with Gasteiger partial charge in [-0.05, 0) is 12.5 Å². The lowest BCUT2D eigenvalue weighted by atomic mass is 10.0. The maximum atomic E-state index is 12.4. The lowest BCUT2D eigenvalue weighted by Gasteiger charge is -2.08. The van der Waals surface area contributed by atoms with Crippen LogP contribution in [-0.2, 0) is 16.6 Å². The minimum absolute atomic E-state index is 0.198. The number of thioether (sulfide) groups is 1. The Bertz CT molecular complexity index is 961. The molecule has 0 saturated carbocycles. The van der Waals surface area contributed by atoms with Crippen molar-refractivity contribution < 1.29 is 14.3 Å². The van der Waals surface area contributed by atoms with E-state index in [1.165, 1.54) is 30.2 Å². The van der Waals surface area contributed by atoms with Gasteiger partial charge in [0.15, 0.2) is 5.16 Å². The van der Waals surface area contributed by atoms with Gasteiger partial charge in [-0.2, -0.15) is 0 Å². The number of amides is 1. The zero-order chi connectivity index (χ0) is 19.4. The molecule has 3 aromatic rings. The predicted molar refractivity (Wildman–Crippen MR) is 108 cm³/mol. The highest BCUT2D eigenvalue weighted by atomic mass is 32.2. The monoisotopic (exact) mass is 401 g/mol. The van der Waals surface area contributed by atoms with Crippen LogP contribution in [0.4, 0.5) is 5.00 Å². The Hall–Kier alpha value is -2.58. The molecule has 0 bridgehead atoms. The quantitative estimate of drug-likeness (QED) is 0.500. The Balaban J connectivity index is 1.80. The molecular formula is C19H19N3O3S2. The highest BCUT2D eigenvalue weighted by molar-refractivity contribution is 7.99. The molecule has 0 unspecified atom stereocenters. The highest BCUT2D eigenvalue weighted by Crippen LogP contribution is 2.36. The Labute approximate surface area is 165 Å². The summed E-state index contributed by atoms with van der Waals surface area (Å²) in [6, 6.07) is 7.87. The van der Waals surface area contributed by atoms with E-state index in [1.54, 1.807) is 6.20 Å². The van der Waals surface area contributed by atoms with Crippen molar-refractivity contribution in [2.75, 3.05) is 18.2 Å². The van der Waals surface area contributed by atoms with E-state index in [0.29, 0.717) is 10.6 Å². The molecule has 1 N–H and O–H groups in total. The normalized spacial score (nSPS) is 10.6. The van der Waals surface area contributed by atoms with Crippen LogP contribution in [0.25, 0.3) is 11.1 Å². The number of carbonyl (C=O) groups is 2. The van der Waals surface area contributed by atoms with Crippen molar-refractivity contribution in [3.63, 3.8) is 0 Å². The summed E-state index contributed by atoms with van der Waals surface area (Å²) in [5.41, 5.74) is 3.16. The lowest BCUT2D eigenvalue weighted by Crippen LogP contribution is -2.16. The first-order valence-corrected chi connectivity index (χ1v) is 10.0. The summed E-state index contributed by atoms with van der Waals surface area (Å²) < 4.78 is 6.78. The number of hydrogen-bond donors (Lipinski definition) is 1. The number of esters is 1. The van der Waals surface area contributed by atoms with Crippen LogP contribution < -0.4 is 5.32 Å². The number of anilines is 1. The molecule has 3 rings (SSSR count). The molecular weight excluding hydrogens is 382 g/mol. The third kappa shape index (κ3) is 4.40. The van der Waals surface area contributed by atoms with E-state index in [4.69, 9.17) is 4.74 Å². The lowest BCUT2D eigenvalue weighted by molar-refractivity contribution is -0.113. The molecule has 0 spiro atoms. The second kappa shape index (κ2) is 8.41. The largest absolute Gasteiger partial charge is 0.465 e. The van der Waals surface area contributed by atoms with Gasteiger partial charge in [0.05, 0.1) is 12.9 Å². The van der Waals surface area contributed by atoms with Crippen LogP contribution in [-0.4, -0.2) is 34.3 Å². The van der Waals surface area contributed by atoms with Gasteiger partial charge in [0.2, 0.25) is 5.91 Å². The number of ether oxygens (including phenoxy) is 1. The summed E-state index contributed by atoms with van der Waals surface area (Å²) in [6.07, 6.45) is 3.51. The summed E-state index contributed by atoms with van der Waals surface area (Å²) in [5, 5.41) is 5.93. The average molecular weight is 402 g/mol. The molecule has 0 fully saturated rings. The number of aryl methyl sites for hydroxylation is 2. The number of nitrogens with one attached hydrogen (secondary N) is 1. The standard InChI is InChI=1S/C19H19N3O3S2/c1-12-4-6-13(7-5-12)14-10-26-17(16(14)18(24)25-3)21-15(23)11-27-19-20-8-9-22(19)2/h4-10H,11H2,1-3H3,(H,21,23). The predicted octanol–water partition coefficient (Wildman–Crippen LogP) is 3.97. The summed E-state index contributed by atoms with van der Waals surface area (Å²) in [7, 11) is 3.21. The molecule has 2 aromatic heterocycles. The van der Waals surface area contributed by atoms with E-state index >= 15 is 0 Å². The Morgan fingerprint density at radius 2 is 2.04 bits per heavy atom. The molecule has 8 heteroatoms. The summed E-state index contributed by atoms with van der Waals surface area (Å²) in [5.74, 6) is -0.479. The van der Waals surface area contributed by atoms with Crippen LogP contribution >= 0.6 is 23.1 Å². The fraction of sp³-hybridized carbons (Fsp3) is 0.211. The Kier molecular flexibility index (Phi) is 5.98. The van der Waals surface area contributed by atoms with Crippen molar-refractivity contribution >= 4 is 40.0 Å². The van der Waals surface area contributed by atoms with Crippen molar-refractivity contribution in [2.24, 2.45) is 7.05 Å². The van der Waals surface area contributed by atoms with E-state index in [2.05, 4.69) is 10.3 Å². The molecule has 140 valence electrons. The minimum atomic E-state index is -0.473. The third-order valence-corrected chi connectivity index (χ3v) is 5.86. The summed E-state index contributed by atoms with van der Waals surface area (Å²) in [4.78, 5) is 28.9. The first-order valence-electron chi connectivity index (χ1n) is 8.16. The van der Waals surface area contributed by atoms with Crippen molar-refractivity contribution in [2.45, 2.75) is 12.1 Å². The first-order chi connectivity index (χ1) is 13.0. The maximum absolute atomic E-state index is 12.4. The van der Waals surface area contributed by atoms with Crippen LogP contribution in [0, 0.1) is 6.92 Å². The van der Waals surface area contributed by atoms with E-state index in [1.807, 2.05) is 54.4 Å². The molecule has 0 saturated heterocycles. The average Bonchev–Trinajstić information content (AvgIpc) is 3.26. The highest BCUT2D eigenvalue weighted by Gasteiger charge is 2.22. The van der Waals surface area contributed by atoms with E-state index in [0.717, 1.165) is 21.8 Å². The summed E-state index contributed by atoms with van der Waals surface area (Å²) in [6.45, 7) is 2.00. The molecule has 0 radical (unpaired) electrons. The number of carbonyl (C=O) groups excluding carboxylic acids is 2. The number of benzene rings is 1. The molecule has 6 nitrogen and oxygen atoms in total. The molecule has 0 aliphatic rings.